The fourth-order valence-electron chi connectivity index (χ4n) is 3.31. The summed E-state index contributed by atoms with van der Waals surface area (Å²) in [6.07, 6.45) is -4.58. The van der Waals surface area contributed by atoms with Crippen molar-refractivity contribution in [2.24, 2.45) is 0 Å². The fourth-order valence-corrected chi connectivity index (χ4v) is 3.31. The van der Waals surface area contributed by atoms with Crippen molar-refractivity contribution < 1.29 is 46.1 Å². The standard InChI is InChI=1S/C18H21N5.2C2HF3O2/c1-14-11-19-5-4-18(14)23-8-6-22(7-9-23)12-15-2-3-16-17(10-15)21-13-20-16;2*3-2(4,5)1(6)7/h2-5,10-11,13H,6-9,12H2,1H3,(H,20,21);2*(H,6,7). The van der Waals surface area contributed by atoms with Crippen LogP contribution in [0.4, 0.5) is 32.0 Å². The van der Waals surface area contributed by atoms with Crippen LogP contribution in [0.25, 0.3) is 11.0 Å². The number of aromatic amines is 1. The minimum atomic E-state index is -5.08. The lowest BCUT2D eigenvalue weighted by molar-refractivity contribution is -0.193. The minimum Gasteiger partial charge on any atom is -0.475 e. The number of aliphatic carboxylic acids is 2. The third kappa shape index (κ3) is 9.25. The van der Waals surface area contributed by atoms with Gasteiger partial charge in [0.25, 0.3) is 0 Å². The van der Waals surface area contributed by atoms with Gasteiger partial charge in [-0.15, -0.1) is 0 Å². The van der Waals surface area contributed by atoms with Gasteiger partial charge in [0.2, 0.25) is 0 Å². The van der Waals surface area contributed by atoms with Gasteiger partial charge in [0.15, 0.2) is 0 Å². The Morgan fingerprint density at radius 3 is 2.05 bits per heavy atom. The van der Waals surface area contributed by atoms with Crippen LogP contribution in [0.15, 0.2) is 43.0 Å². The molecule has 0 aliphatic carbocycles. The van der Waals surface area contributed by atoms with Crippen LogP contribution in [0.5, 0.6) is 0 Å². The van der Waals surface area contributed by atoms with E-state index in [1.54, 1.807) is 6.33 Å². The quantitative estimate of drug-likeness (QED) is 0.433. The zero-order valence-corrected chi connectivity index (χ0v) is 19.3. The number of benzene rings is 1. The molecule has 0 atom stereocenters. The van der Waals surface area contributed by atoms with Crippen molar-refractivity contribution in [1.29, 1.82) is 0 Å². The molecule has 0 amide bonds. The SMILES string of the molecule is Cc1cnccc1N1CCN(Cc2ccc3nc[nH]c3c2)CC1.O=C(O)C(F)(F)F.O=C(O)C(F)(F)F. The van der Waals surface area contributed by atoms with Crippen molar-refractivity contribution in [3.05, 3.63) is 54.1 Å². The van der Waals surface area contributed by atoms with Gasteiger partial charge in [0.05, 0.1) is 17.4 Å². The highest BCUT2D eigenvalue weighted by Crippen LogP contribution is 2.21. The molecule has 15 heteroatoms. The number of rotatable bonds is 3. The minimum absolute atomic E-state index is 0.998. The number of anilines is 1. The Labute approximate surface area is 206 Å². The number of halogens is 6. The Morgan fingerprint density at radius 1 is 0.973 bits per heavy atom. The average molecular weight is 535 g/mol. The zero-order chi connectivity index (χ0) is 27.8. The maximum absolute atomic E-state index is 10.6. The third-order valence-corrected chi connectivity index (χ3v) is 5.08. The monoisotopic (exact) mass is 535 g/mol. The van der Waals surface area contributed by atoms with E-state index in [1.165, 1.54) is 16.8 Å². The predicted octanol–water partition coefficient (Wildman–Crippen LogP) is 3.86. The number of pyridine rings is 1. The molecule has 202 valence electrons. The zero-order valence-electron chi connectivity index (χ0n) is 19.3. The summed E-state index contributed by atoms with van der Waals surface area (Å²) in [7, 11) is 0. The van der Waals surface area contributed by atoms with E-state index < -0.39 is 24.3 Å². The van der Waals surface area contributed by atoms with Crippen LogP contribution in [0.2, 0.25) is 0 Å². The molecule has 1 fully saturated rings. The number of aromatic nitrogens is 3. The van der Waals surface area contributed by atoms with Crippen LogP contribution < -0.4 is 4.90 Å². The summed E-state index contributed by atoms with van der Waals surface area (Å²) in [4.78, 5) is 34.4. The molecule has 4 rings (SSSR count). The summed E-state index contributed by atoms with van der Waals surface area (Å²) in [6.45, 7) is 7.44. The second kappa shape index (κ2) is 12.4. The lowest BCUT2D eigenvalue weighted by Gasteiger charge is -2.36. The highest BCUT2D eigenvalue weighted by Gasteiger charge is 2.38. The number of fused-ring (bicyclic) bond motifs is 1. The van der Waals surface area contributed by atoms with Crippen molar-refractivity contribution in [2.45, 2.75) is 25.8 Å². The molecule has 1 aromatic carbocycles. The van der Waals surface area contributed by atoms with Crippen LogP contribution in [0, 0.1) is 6.92 Å². The number of hydrogen-bond acceptors (Lipinski definition) is 6. The van der Waals surface area contributed by atoms with E-state index in [-0.39, 0.29) is 0 Å². The van der Waals surface area contributed by atoms with Crippen LogP contribution in [-0.2, 0) is 16.1 Å². The number of carbonyl (C=O) groups is 2. The van der Waals surface area contributed by atoms with Gasteiger partial charge in [0.1, 0.15) is 0 Å². The molecule has 0 radical (unpaired) electrons. The molecule has 37 heavy (non-hydrogen) atoms. The molecular formula is C22H23F6N5O4. The van der Waals surface area contributed by atoms with E-state index in [9.17, 15) is 26.3 Å². The number of alkyl halides is 6. The number of imidazole rings is 1. The summed E-state index contributed by atoms with van der Waals surface area (Å²) in [5, 5.41) is 14.2. The smallest absolute Gasteiger partial charge is 0.475 e. The summed E-state index contributed by atoms with van der Waals surface area (Å²) in [5.41, 5.74) is 6.07. The molecule has 0 saturated carbocycles. The van der Waals surface area contributed by atoms with Gasteiger partial charge in [-0.05, 0) is 36.2 Å². The Hall–Kier alpha value is -3.88. The maximum atomic E-state index is 10.6. The molecule has 1 saturated heterocycles. The molecule has 3 heterocycles. The van der Waals surface area contributed by atoms with Crippen LogP contribution >= 0.6 is 0 Å². The second-order valence-electron chi connectivity index (χ2n) is 7.79. The molecule has 1 aliphatic heterocycles. The van der Waals surface area contributed by atoms with E-state index in [0.29, 0.717) is 0 Å². The summed E-state index contributed by atoms with van der Waals surface area (Å²) >= 11 is 0. The first-order chi connectivity index (χ1) is 17.2. The van der Waals surface area contributed by atoms with Crippen molar-refractivity contribution in [3.63, 3.8) is 0 Å². The highest BCUT2D eigenvalue weighted by molar-refractivity contribution is 5.75. The van der Waals surface area contributed by atoms with E-state index in [2.05, 4.69) is 55.9 Å². The van der Waals surface area contributed by atoms with Gasteiger partial charge in [-0.1, -0.05) is 6.07 Å². The number of carboxylic acids is 2. The number of nitrogens with zero attached hydrogens (tertiary/aromatic N) is 4. The van der Waals surface area contributed by atoms with Crippen LogP contribution in [-0.4, -0.2) is 80.5 Å². The van der Waals surface area contributed by atoms with E-state index in [0.717, 1.165) is 43.8 Å². The molecule has 1 aliphatic rings. The van der Waals surface area contributed by atoms with Crippen molar-refractivity contribution in [3.8, 4) is 0 Å². The Kier molecular flexibility index (Phi) is 9.82. The summed E-state index contributed by atoms with van der Waals surface area (Å²) < 4.78 is 63.5. The summed E-state index contributed by atoms with van der Waals surface area (Å²) in [5.74, 6) is -5.51. The molecule has 2 aromatic heterocycles. The molecule has 0 unspecified atom stereocenters. The molecule has 3 aromatic rings. The number of H-pyrrole nitrogens is 1. The first-order valence-corrected chi connectivity index (χ1v) is 10.6. The number of aryl methyl sites for hydroxylation is 1. The van der Waals surface area contributed by atoms with E-state index in [4.69, 9.17) is 19.8 Å². The predicted molar refractivity (Wildman–Crippen MR) is 120 cm³/mol. The molecular weight excluding hydrogens is 512 g/mol. The average Bonchev–Trinajstić information content (AvgIpc) is 3.28. The topological polar surface area (TPSA) is 123 Å². The lowest BCUT2D eigenvalue weighted by Crippen LogP contribution is -2.46. The highest BCUT2D eigenvalue weighted by atomic mass is 19.4. The lowest BCUT2D eigenvalue weighted by atomic mass is 10.1. The molecule has 3 N–H and O–H groups in total. The molecule has 0 bridgehead atoms. The van der Waals surface area contributed by atoms with Gasteiger partial charge >= 0.3 is 24.3 Å². The van der Waals surface area contributed by atoms with Crippen LogP contribution in [0.1, 0.15) is 11.1 Å². The van der Waals surface area contributed by atoms with Gasteiger partial charge < -0.3 is 20.1 Å². The van der Waals surface area contributed by atoms with Crippen LogP contribution in [0.3, 0.4) is 0 Å². The van der Waals surface area contributed by atoms with Crippen molar-refractivity contribution in [2.75, 3.05) is 31.1 Å². The summed E-state index contributed by atoms with van der Waals surface area (Å²) in [6, 6.07) is 8.61. The van der Waals surface area contributed by atoms with E-state index >= 15 is 0 Å². The van der Waals surface area contributed by atoms with Crippen molar-refractivity contribution >= 4 is 28.7 Å². The van der Waals surface area contributed by atoms with Gasteiger partial charge in [-0.25, -0.2) is 14.6 Å². The fraction of sp³-hybridized carbons (Fsp3) is 0.364. The van der Waals surface area contributed by atoms with Gasteiger partial charge in [-0.2, -0.15) is 26.3 Å². The van der Waals surface area contributed by atoms with E-state index in [1.807, 2.05) is 12.4 Å². The Bertz CT molecular complexity index is 1170. The third-order valence-electron chi connectivity index (χ3n) is 5.08. The largest absolute Gasteiger partial charge is 0.490 e. The first-order valence-electron chi connectivity index (χ1n) is 10.6. The van der Waals surface area contributed by atoms with Gasteiger partial charge in [-0.3, -0.25) is 9.88 Å². The van der Waals surface area contributed by atoms with Crippen molar-refractivity contribution in [1.82, 2.24) is 19.9 Å². The maximum Gasteiger partial charge on any atom is 0.490 e. The number of carboxylic acid groups (broad SMARTS) is 2. The number of hydrogen-bond donors (Lipinski definition) is 3. The molecule has 0 spiro atoms. The number of nitrogens with one attached hydrogen (secondary N) is 1. The normalized spacial score (nSPS) is 14.3. The second-order valence-corrected chi connectivity index (χ2v) is 7.79. The number of piperazine rings is 1. The first kappa shape index (κ1) is 29.4. The Morgan fingerprint density at radius 2 is 1.54 bits per heavy atom. The molecule has 9 nitrogen and oxygen atoms in total. The Balaban J connectivity index is 0.000000286. The van der Waals surface area contributed by atoms with Gasteiger partial charge in [0, 0.05) is 50.8 Å².